The summed E-state index contributed by atoms with van der Waals surface area (Å²) in [6.07, 6.45) is 2.34. The van der Waals surface area contributed by atoms with Crippen LogP contribution in [0.3, 0.4) is 0 Å². The molecule has 1 amide bonds. The predicted molar refractivity (Wildman–Crippen MR) is 117 cm³/mol. The first kappa shape index (κ1) is 21.0. The summed E-state index contributed by atoms with van der Waals surface area (Å²) in [6.45, 7) is 4.58. The molecule has 1 aliphatic carbocycles. The number of hydrogen-bond donors (Lipinski definition) is 1. The van der Waals surface area contributed by atoms with E-state index in [2.05, 4.69) is 11.9 Å². The molecule has 0 radical (unpaired) electrons. The van der Waals surface area contributed by atoms with Crippen LogP contribution in [0.5, 0.6) is 11.5 Å². The van der Waals surface area contributed by atoms with Crippen molar-refractivity contribution in [2.24, 2.45) is 11.3 Å². The number of cyclic esters (lactones) is 1. The average Bonchev–Trinajstić information content (AvgIpc) is 3.22. The van der Waals surface area contributed by atoms with Crippen LogP contribution >= 0.6 is 0 Å². The molecule has 0 aromatic heterocycles. The molecule has 1 aliphatic heterocycles. The Bertz CT molecular complexity index is 1010. The molecule has 0 spiro atoms. The minimum absolute atomic E-state index is 0.110. The van der Waals surface area contributed by atoms with Crippen molar-refractivity contribution < 1.29 is 23.8 Å². The number of amides is 1. The molecule has 6 nitrogen and oxygen atoms in total. The molecule has 1 saturated heterocycles. The lowest BCUT2D eigenvalue weighted by Gasteiger charge is -2.24. The molecule has 4 rings (SSSR count). The van der Waals surface area contributed by atoms with E-state index < -0.39 is 5.41 Å². The first-order chi connectivity index (χ1) is 14.9. The number of fused-ring (bicyclic) bond motifs is 1. The van der Waals surface area contributed by atoms with Gasteiger partial charge in [-0.1, -0.05) is 36.4 Å². The van der Waals surface area contributed by atoms with E-state index in [9.17, 15) is 9.59 Å². The molecule has 1 N–H and O–H groups in total. The summed E-state index contributed by atoms with van der Waals surface area (Å²) in [5.74, 6) is 1.11. The Labute approximate surface area is 182 Å². The van der Waals surface area contributed by atoms with Gasteiger partial charge < -0.3 is 19.5 Å². The highest BCUT2D eigenvalue weighted by Crippen LogP contribution is 2.52. The zero-order valence-electron chi connectivity index (χ0n) is 17.9. The number of carbonyl (C=O) groups excluding carboxylic acids is 2. The molecule has 1 saturated carbocycles. The summed E-state index contributed by atoms with van der Waals surface area (Å²) in [5, 5.41) is 2.92. The Morgan fingerprint density at radius 3 is 2.68 bits per heavy atom. The van der Waals surface area contributed by atoms with Crippen molar-refractivity contribution in [2.75, 3.05) is 26.1 Å². The van der Waals surface area contributed by atoms with E-state index in [0.29, 0.717) is 36.6 Å². The second-order valence-electron chi connectivity index (χ2n) is 8.33. The monoisotopic (exact) mass is 421 g/mol. The summed E-state index contributed by atoms with van der Waals surface area (Å²) in [4.78, 5) is 25.0. The van der Waals surface area contributed by atoms with Crippen molar-refractivity contribution in [3.8, 4) is 11.5 Å². The van der Waals surface area contributed by atoms with Crippen LogP contribution in [0.4, 0.5) is 5.69 Å². The van der Waals surface area contributed by atoms with Gasteiger partial charge in [-0.3, -0.25) is 9.59 Å². The summed E-state index contributed by atoms with van der Waals surface area (Å²) in [7, 11) is 3.12. The summed E-state index contributed by atoms with van der Waals surface area (Å²) in [5.41, 5.74) is 3.14. The Morgan fingerprint density at radius 1 is 1.19 bits per heavy atom. The first-order valence-corrected chi connectivity index (χ1v) is 10.4. The van der Waals surface area contributed by atoms with Crippen molar-refractivity contribution >= 4 is 17.6 Å². The van der Waals surface area contributed by atoms with Gasteiger partial charge in [-0.25, -0.2) is 0 Å². The van der Waals surface area contributed by atoms with E-state index in [4.69, 9.17) is 14.2 Å². The van der Waals surface area contributed by atoms with Crippen molar-refractivity contribution in [1.29, 1.82) is 0 Å². The molecule has 2 aromatic rings. The zero-order valence-corrected chi connectivity index (χ0v) is 17.9. The van der Waals surface area contributed by atoms with Gasteiger partial charge in [0.2, 0.25) is 5.91 Å². The van der Waals surface area contributed by atoms with Gasteiger partial charge in [0.15, 0.2) is 11.5 Å². The van der Waals surface area contributed by atoms with E-state index in [1.54, 1.807) is 20.3 Å². The van der Waals surface area contributed by atoms with Crippen molar-refractivity contribution in [3.05, 3.63) is 65.7 Å². The van der Waals surface area contributed by atoms with Crippen LogP contribution in [0.15, 0.2) is 54.6 Å². The highest BCUT2D eigenvalue weighted by atomic mass is 16.5. The molecule has 2 aromatic carbocycles. The normalized spacial score (nSPS) is 22.1. The molecular weight excluding hydrogens is 394 g/mol. The number of anilines is 1. The van der Waals surface area contributed by atoms with Gasteiger partial charge in [-0.15, -0.1) is 0 Å². The van der Waals surface area contributed by atoms with Gasteiger partial charge in [-0.2, -0.15) is 0 Å². The van der Waals surface area contributed by atoms with Crippen LogP contribution in [0.25, 0.3) is 0 Å². The Hall–Kier alpha value is -3.28. The van der Waals surface area contributed by atoms with E-state index in [0.717, 1.165) is 23.1 Å². The van der Waals surface area contributed by atoms with Gasteiger partial charge in [0.1, 0.15) is 0 Å². The number of allylic oxidation sites excluding steroid dienone is 1. The highest BCUT2D eigenvalue weighted by molar-refractivity contribution is 5.92. The third kappa shape index (κ3) is 4.02. The Morgan fingerprint density at radius 2 is 1.97 bits per heavy atom. The Kier molecular flexibility index (Phi) is 5.72. The van der Waals surface area contributed by atoms with Crippen LogP contribution in [0.2, 0.25) is 0 Å². The number of rotatable bonds is 7. The molecule has 31 heavy (non-hydrogen) atoms. The summed E-state index contributed by atoms with van der Waals surface area (Å²) in [6, 6.07) is 13.1. The fraction of sp³-hybridized carbons (Fsp3) is 0.360. The van der Waals surface area contributed by atoms with Crippen molar-refractivity contribution in [2.45, 2.75) is 25.7 Å². The van der Waals surface area contributed by atoms with Gasteiger partial charge in [0, 0.05) is 17.2 Å². The number of nitrogens with one attached hydrogen (secondary N) is 1. The topological polar surface area (TPSA) is 73.9 Å². The standard InChI is InChI=1S/C25H27NO5/c1-16-11-19-15-31-24(28)25(19,13-16)14-17-7-9-20(10-8-17)26-22(27)12-18-5-4-6-21(29-2)23(18)30-3/h4-10,19H,1,11-15H2,2-3H3,(H,26,27)/t19-,25?/m1/s1. The SMILES string of the molecule is C=C1C[C@@H]2COC(=O)C2(Cc2ccc(NC(=O)Cc3cccc(OC)c3OC)cc2)C1. The maximum atomic E-state index is 12.6. The highest BCUT2D eigenvalue weighted by Gasteiger charge is 2.55. The smallest absolute Gasteiger partial charge is 0.313 e. The molecule has 2 atom stereocenters. The van der Waals surface area contributed by atoms with Gasteiger partial charge in [0.05, 0.1) is 32.7 Å². The number of benzene rings is 2. The summed E-state index contributed by atoms with van der Waals surface area (Å²) < 4.78 is 16.0. The second kappa shape index (κ2) is 8.46. The third-order valence-electron chi connectivity index (χ3n) is 6.30. The van der Waals surface area contributed by atoms with Crippen LogP contribution < -0.4 is 14.8 Å². The van der Waals surface area contributed by atoms with Gasteiger partial charge in [-0.05, 0) is 43.0 Å². The maximum absolute atomic E-state index is 12.6. The van der Waals surface area contributed by atoms with Crippen LogP contribution in [-0.2, 0) is 27.2 Å². The lowest BCUT2D eigenvalue weighted by Crippen LogP contribution is -2.31. The average molecular weight is 421 g/mol. The number of methoxy groups -OCH3 is 2. The lowest BCUT2D eigenvalue weighted by molar-refractivity contribution is -0.146. The molecule has 1 heterocycles. The molecule has 162 valence electrons. The largest absolute Gasteiger partial charge is 0.493 e. The molecule has 2 aliphatic rings. The van der Waals surface area contributed by atoms with Crippen LogP contribution in [0, 0.1) is 11.3 Å². The van der Waals surface area contributed by atoms with E-state index >= 15 is 0 Å². The third-order valence-corrected chi connectivity index (χ3v) is 6.30. The second-order valence-corrected chi connectivity index (χ2v) is 8.33. The minimum atomic E-state index is -0.481. The lowest BCUT2D eigenvalue weighted by atomic mass is 9.75. The van der Waals surface area contributed by atoms with Crippen LogP contribution in [0.1, 0.15) is 24.0 Å². The molecule has 1 unspecified atom stereocenters. The van der Waals surface area contributed by atoms with Crippen LogP contribution in [-0.4, -0.2) is 32.7 Å². The fourth-order valence-electron chi connectivity index (χ4n) is 4.80. The fourth-order valence-corrected chi connectivity index (χ4v) is 4.80. The number of para-hydroxylation sites is 1. The number of hydrogen-bond acceptors (Lipinski definition) is 5. The maximum Gasteiger partial charge on any atom is 0.313 e. The van der Waals surface area contributed by atoms with E-state index in [-0.39, 0.29) is 24.2 Å². The zero-order chi connectivity index (χ0) is 22.0. The summed E-state index contributed by atoms with van der Waals surface area (Å²) >= 11 is 0. The predicted octanol–water partition coefficient (Wildman–Crippen LogP) is 3.94. The number of esters is 1. The number of ether oxygens (including phenoxy) is 3. The number of carbonyl (C=O) groups is 2. The van der Waals surface area contributed by atoms with Crippen molar-refractivity contribution in [3.63, 3.8) is 0 Å². The van der Waals surface area contributed by atoms with E-state index in [1.165, 1.54) is 0 Å². The van der Waals surface area contributed by atoms with Gasteiger partial charge in [0.25, 0.3) is 0 Å². The first-order valence-electron chi connectivity index (χ1n) is 10.4. The van der Waals surface area contributed by atoms with E-state index in [1.807, 2.05) is 36.4 Å². The molecular formula is C25H27NO5. The van der Waals surface area contributed by atoms with Gasteiger partial charge >= 0.3 is 5.97 Å². The minimum Gasteiger partial charge on any atom is -0.493 e. The molecule has 2 fully saturated rings. The molecule has 0 bridgehead atoms. The van der Waals surface area contributed by atoms with Crippen molar-refractivity contribution in [1.82, 2.24) is 0 Å². The quantitative estimate of drug-likeness (QED) is 0.542. The Balaban J connectivity index is 1.42. The molecule has 6 heteroatoms.